The summed E-state index contributed by atoms with van der Waals surface area (Å²) in [6.45, 7) is 0.355. The van der Waals surface area contributed by atoms with Gasteiger partial charge in [-0.1, -0.05) is 0 Å². The van der Waals surface area contributed by atoms with Crippen molar-refractivity contribution in [2.75, 3.05) is 5.32 Å². The van der Waals surface area contributed by atoms with Crippen LogP contribution in [0.25, 0.3) is 0 Å². The van der Waals surface area contributed by atoms with E-state index in [1.54, 1.807) is 5.32 Å². The third kappa shape index (κ3) is 2.58. The Kier molecular flexibility index (Phi) is 3.41. The van der Waals surface area contributed by atoms with Crippen LogP contribution in [0, 0.1) is 10.1 Å². The van der Waals surface area contributed by atoms with Gasteiger partial charge in [-0.2, -0.15) is 13.2 Å². The largest absolute Gasteiger partial charge is 0.479 e. The molecule has 19 heavy (non-hydrogen) atoms. The summed E-state index contributed by atoms with van der Waals surface area (Å²) in [6, 6.07) is 0. The molecule has 106 valence electrons. The second-order valence-corrected chi connectivity index (χ2v) is 3.85. The highest BCUT2D eigenvalue weighted by atomic mass is 19.4. The van der Waals surface area contributed by atoms with Gasteiger partial charge >= 0.3 is 17.8 Å². The Balaban J connectivity index is 3.26. The van der Waals surface area contributed by atoms with Crippen molar-refractivity contribution in [3.05, 3.63) is 16.3 Å². The summed E-state index contributed by atoms with van der Waals surface area (Å²) in [4.78, 5) is 20.4. The molecule has 0 amide bonds. The zero-order valence-electron chi connectivity index (χ0n) is 9.72. The molecule has 0 aliphatic rings. The number of carboxylic acids is 1. The Morgan fingerprint density at radius 2 is 2.11 bits per heavy atom. The van der Waals surface area contributed by atoms with E-state index in [2.05, 4.69) is 5.10 Å². The molecule has 8 nitrogen and oxygen atoms in total. The molecular weight excluding hydrogens is 273 g/mol. The molecule has 1 unspecified atom stereocenters. The summed E-state index contributed by atoms with van der Waals surface area (Å²) in [5.41, 5.74) is -4.13. The molecular formula is C8H9F3N4O4. The highest BCUT2D eigenvalue weighted by Gasteiger charge is 2.58. The van der Waals surface area contributed by atoms with Crippen molar-refractivity contribution in [3.8, 4) is 0 Å². The molecule has 1 aromatic heterocycles. The summed E-state index contributed by atoms with van der Waals surface area (Å²) < 4.78 is 39.1. The van der Waals surface area contributed by atoms with E-state index in [1.165, 1.54) is 7.05 Å². The topological polar surface area (TPSA) is 110 Å². The maximum Gasteiger partial charge on any atom is 0.422 e. The molecule has 0 spiro atoms. The van der Waals surface area contributed by atoms with Gasteiger partial charge in [-0.05, 0) is 6.92 Å². The minimum Gasteiger partial charge on any atom is -0.479 e. The van der Waals surface area contributed by atoms with Crippen LogP contribution in [0.5, 0.6) is 0 Å². The van der Waals surface area contributed by atoms with Crippen molar-refractivity contribution in [3.63, 3.8) is 0 Å². The zero-order chi connectivity index (χ0) is 15.0. The quantitative estimate of drug-likeness (QED) is 0.633. The lowest BCUT2D eigenvalue weighted by Crippen LogP contribution is -2.55. The molecule has 0 aliphatic heterocycles. The van der Waals surface area contributed by atoms with Crippen LogP contribution < -0.4 is 5.32 Å². The lowest BCUT2D eigenvalue weighted by Gasteiger charge is -2.28. The number of halogens is 3. The smallest absolute Gasteiger partial charge is 0.422 e. The number of nitrogens with one attached hydrogen (secondary N) is 1. The van der Waals surface area contributed by atoms with E-state index in [4.69, 9.17) is 5.11 Å². The van der Waals surface area contributed by atoms with Gasteiger partial charge < -0.3 is 10.4 Å². The van der Waals surface area contributed by atoms with E-state index in [1.807, 2.05) is 0 Å². The standard InChI is InChI=1S/C8H9F3N4O4/c1-7(6(16)17,8(9,10)11)12-5-4(15(18)19)3-14(2)13-5/h3H,1-2H3,(H,12,13)(H,16,17). The summed E-state index contributed by atoms with van der Waals surface area (Å²) in [7, 11) is 1.25. The van der Waals surface area contributed by atoms with Crippen LogP contribution in [-0.2, 0) is 11.8 Å². The first-order chi connectivity index (χ1) is 8.49. The third-order valence-electron chi connectivity index (χ3n) is 2.37. The number of hydrogen-bond donors (Lipinski definition) is 2. The number of anilines is 1. The maximum absolute atomic E-state index is 12.7. The number of hydrogen-bond acceptors (Lipinski definition) is 5. The third-order valence-corrected chi connectivity index (χ3v) is 2.37. The molecule has 0 saturated heterocycles. The van der Waals surface area contributed by atoms with Crippen LogP contribution in [0.2, 0.25) is 0 Å². The normalized spacial score (nSPS) is 14.8. The molecule has 0 aliphatic carbocycles. The van der Waals surface area contributed by atoms with Gasteiger partial charge in [0, 0.05) is 7.05 Å². The van der Waals surface area contributed by atoms with Gasteiger partial charge in [-0.15, -0.1) is 5.10 Å². The molecule has 0 saturated carbocycles. The Bertz CT molecular complexity index is 527. The Morgan fingerprint density at radius 3 is 2.47 bits per heavy atom. The molecule has 0 radical (unpaired) electrons. The number of rotatable bonds is 4. The van der Waals surface area contributed by atoms with Gasteiger partial charge in [-0.3, -0.25) is 14.8 Å². The Labute approximate surface area is 104 Å². The monoisotopic (exact) mass is 282 g/mol. The van der Waals surface area contributed by atoms with Crippen LogP contribution in [0.4, 0.5) is 24.7 Å². The Morgan fingerprint density at radius 1 is 1.58 bits per heavy atom. The van der Waals surface area contributed by atoms with Crippen LogP contribution in [0.15, 0.2) is 6.20 Å². The van der Waals surface area contributed by atoms with Gasteiger partial charge in [0.1, 0.15) is 6.20 Å². The number of nitrogens with zero attached hydrogens (tertiary/aromatic N) is 3. The summed E-state index contributed by atoms with van der Waals surface area (Å²) >= 11 is 0. The summed E-state index contributed by atoms with van der Waals surface area (Å²) in [5, 5.41) is 24.3. The lowest BCUT2D eigenvalue weighted by atomic mass is 10.0. The minimum absolute atomic E-state index is 0.355. The predicted molar refractivity (Wildman–Crippen MR) is 55.6 cm³/mol. The first kappa shape index (κ1) is 14.7. The fourth-order valence-electron chi connectivity index (χ4n) is 1.18. The van der Waals surface area contributed by atoms with Crippen LogP contribution in [0.3, 0.4) is 0 Å². The molecule has 1 atom stereocenters. The fraction of sp³-hybridized carbons (Fsp3) is 0.500. The SMILES string of the molecule is Cn1cc([N+](=O)[O-])c(NC(C)(C(=O)O)C(F)(F)F)n1. The molecule has 1 rings (SSSR count). The van der Waals surface area contributed by atoms with E-state index >= 15 is 0 Å². The van der Waals surface area contributed by atoms with Gasteiger partial charge in [0.15, 0.2) is 0 Å². The number of alkyl halides is 3. The molecule has 2 N–H and O–H groups in total. The van der Waals surface area contributed by atoms with Gasteiger partial charge in [-0.25, -0.2) is 4.79 Å². The highest BCUT2D eigenvalue weighted by Crippen LogP contribution is 2.35. The van der Waals surface area contributed by atoms with Crippen molar-refractivity contribution in [2.24, 2.45) is 7.05 Å². The first-order valence-corrected chi connectivity index (χ1v) is 4.75. The first-order valence-electron chi connectivity index (χ1n) is 4.75. The molecule has 0 fully saturated rings. The fourth-order valence-corrected chi connectivity index (χ4v) is 1.18. The summed E-state index contributed by atoms with van der Waals surface area (Å²) in [5.74, 6) is -2.99. The Hall–Kier alpha value is -2.33. The number of aromatic nitrogens is 2. The lowest BCUT2D eigenvalue weighted by molar-refractivity contribution is -0.384. The molecule has 1 aromatic rings. The van der Waals surface area contributed by atoms with Crippen LogP contribution in [0.1, 0.15) is 6.92 Å². The van der Waals surface area contributed by atoms with Gasteiger partial charge in [0.2, 0.25) is 11.4 Å². The second kappa shape index (κ2) is 4.40. The van der Waals surface area contributed by atoms with E-state index in [0.717, 1.165) is 10.9 Å². The number of aryl methyl sites for hydroxylation is 1. The van der Waals surface area contributed by atoms with Gasteiger partial charge in [0.05, 0.1) is 4.92 Å². The number of carbonyl (C=O) groups is 1. The van der Waals surface area contributed by atoms with Crippen molar-refractivity contribution in [1.29, 1.82) is 0 Å². The average Bonchev–Trinajstić information content (AvgIpc) is 2.57. The molecule has 0 bridgehead atoms. The highest BCUT2D eigenvalue weighted by molar-refractivity contribution is 5.84. The predicted octanol–water partition coefficient (Wildman–Crippen LogP) is 1.15. The number of carboxylic acid groups (broad SMARTS) is 1. The van der Waals surface area contributed by atoms with E-state index < -0.39 is 34.1 Å². The van der Waals surface area contributed by atoms with Crippen molar-refractivity contribution >= 4 is 17.5 Å². The number of aliphatic carboxylic acids is 1. The van der Waals surface area contributed by atoms with Crippen LogP contribution in [-0.4, -0.2) is 37.5 Å². The van der Waals surface area contributed by atoms with Gasteiger partial charge in [0.25, 0.3) is 0 Å². The van der Waals surface area contributed by atoms with E-state index in [-0.39, 0.29) is 0 Å². The summed E-state index contributed by atoms with van der Waals surface area (Å²) in [6.07, 6.45) is -4.30. The van der Waals surface area contributed by atoms with E-state index in [0.29, 0.717) is 6.92 Å². The maximum atomic E-state index is 12.7. The van der Waals surface area contributed by atoms with Crippen LogP contribution >= 0.6 is 0 Å². The zero-order valence-corrected chi connectivity index (χ0v) is 9.72. The second-order valence-electron chi connectivity index (χ2n) is 3.85. The molecule has 0 aromatic carbocycles. The average molecular weight is 282 g/mol. The van der Waals surface area contributed by atoms with E-state index in [9.17, 15) is 28.1 Å². The minimum atomic E-state index is -5.16. The molecule has 1 heterocycles. The molecule has 11 heteroatoms. The van der Waals surface area contributed by atoms with Crippen molar-refractivity contribution in [1.82, 2.24) is 9.78 Å². The van der Waals surface area contributed by atoms with Crippen molar-refractivity contribution < 1.29 is 28.0 Å². The van der Waals surface area contributed by atoms with Crippen molar-refractivity contribution in [2.45, 2.75) is 18.6 Å². The number of nitro groups is 1.